The van der Waals surface area contributed by atoms with Crippen LogP contribution in [0.5, 0.6) is 5.75 Å². The Morgan fingerprint density at radius 2 is 1.63 bits per heavy atom. The number of rotatable bonds is 3. The van der Waals surface area contributed by atoms with Crippen molar-refractivity contribution in [3.8, 4) is 5.75 Å². The lowest BCUT2D eigenvalue weighted by molar-refractivity contribution is 0.472. The van der Waals surface area contributed by atoms with E-state index < -0.39 is 5.54 Å². The zero-order chi connectivity index (χ0) is 14.0. The van der Waals surface area contributed by atoms with Gasteiger partial charge in [-0.3, -0.25) is 0 Å². The molecule has 2 rings (SSSR count). The molecule has 1 atom stereocenters. The lowest BCUT2D eigenvalue weighted by Crippen LogP contribution is -2.35. The summed E-state index contributed by atoms with van der Waals surface area (Å²) in [7, 11) is 0. The van der Waals surface area contributed by atoms with E-state index in [0.29, 0.717) is 0 Å². The van der Waals surface area contributed by atoms with Gasteiger partial charge in [0.25, 0.3) is 0 Å². The van der Waals surface area contributed by atoms with E-state index in [4.69, 9.17) is 5.73 Å². The van der Waals surface area contributed by atoms with Gasteiger partial charge in [-0.15, -0.1) is 0 Å². The van der Waals surface area contributed by atoms with Gasteiger partial charge in [0.15, 0.2) is 0 Å². The van der Waals surface area contributed by atoms with E-state index in [1.165, 1.54) is 11.1 Å². The Morgan fingerprint density at radius 3 is 2.21 bits per heavy atom. The third kappa shape index (κ3) is 3.15. The Labute approximate surface area is 114 Å². The molecule has 3 N–H and O–H groups in total. The third-order valence-corrected chi connectivity index (χ3v) is 3.67. The first kappa shape index (κ1) is 13.6. The van der Waals surface area contributed by atoms with Crippen LogP contribution in [0.1, 0.15) is 29.2 Å². The molecule has 0 amide bonds. The van der Waals surface area contributed by atoms with Crippen LogP contribution in [0.25, 0.3) is 0 Å². The van der Waals surface area contributed by atoms with Crippen molar-refractivity contribution in [2.75, 3.05) is 0 Å². The highest BCUT2D eigenvalue weighted by Crippen LogP contribution is 2.25. The Hall–Kier alpha value is -1.80. The van der Waals surface area contributed by atoms with Crippen molar-refractivity contribution in [3.63, 3.8) is 0 Å². The topological polar surface area (TPSA) is 46.2 Å². The summed E-state index contributed by atoms with van der Waals surface area (Å²) in [4.78, 5) is 0. The minimum atomic E-state index is -0.407. The highest BCUT2D eigenvalue weighted by atomic mass is 16.3. The van der Waals surface area contributed by atoms with Crippen LogP contribution in [0.3, 0.4) is 0 Å². The SMILES string of the molecule is Cc1ccc(C(C)(N)Cc2ccc(O)cc2)cc1C. The summed E-state index contributed by atoms with van der Waals surface area (Å²) in [5.41, 5.74) is 10.9. The number of phenolic OH excluding ortho intramolecular Hbond substituents is 1. The maximum absolute atomic E-state index is 9.31. The van der Waals surface area contributed by atoms with Crippen LogP contribution in [0.2, 0.25) is 0 Å². The normalized spacial score (nSPS) is 14.1. The molecule has 0 aliphatic carbocycles. The summed E-state index contributed by atoms with van der Waals surface area (Å²) in [6, 6.07) is 13.6. The van der Waals surface area contributed by atoms with Crippen LogP contribution in [0, 0.1) is 13.8 Å². The van der Waals surface area contributed by atoms with Crippen LogP contribution in [-0.4, -0.2) is 5.11 Å². The smallest absolute Gasteiger partial charge is 0.115 e. The minimum absolute atomic E-state index is 0.286. The monoisotopic (exact) mass is 255 g/mol. The molecule has 2 nitrogen and oxygen atoms in total. The molecule has 0 heterocycles. The van der Waals surface area contributed by atoms with Crippen LogP contribution in [0.4, 0.5) is 0 Å². The molecule has 2 heteroatoms. The molecule has 0 saturated carbocycles. The van der Waals surface area contributed by atoms with Crippen molar-refractivity contribution in [3.05, 3.63) is 64.7 Å². The van der Waals surface area contributed by atoms with Gasteiger partial charge in [0.05, 0.1) is 0 Å². The fourth-order valence-corrected chi connectivity index (χ4v) is 2.24. The van der Waals surface area contributed by atoms with Gasteiger partial charge in [-0.05, 0) is 61.6 Å². The first-order valence-electron chi connectivity index (χ1n) is 6.53. The van der Waals surface area contributed by atoms with E-state index in [-0.39, 0.29) is 5.75 Å². The maximum atomic E-state index is 9.31. The zero-order valence-electron chi connectivity index (χ0n) is 11.8. The molecule has 0 spiro atoms. The molecule has 0 aliphatic heterocycles. The number of benzene rings is 2. The Morgan fingerprint density at radius 1 is 1.00 bits per heavy atom. The summed E-state index contributed by atoms with van der Waals surface area (Å²) in [5.74, 6) is 0.286. The molecule has 2 aromatic rings. The number of nitrogens with two attached hydrogens (primary N) is 1. The number of phenols is 1. The van der Waals surface area contributed by atoms with Crippen molar-refractivity contribution in [1.29, 1.82) is 0 Å². The second kappa shape index (κ2) is 5.06. The standard InChI is InChI=1S/C17H21NO/c1-12-4-7-15(10-13(12)2)17(3,18)11-14-5-8-16(19)9-6-14/h4-10,19H,11,18H2,1-3H3. The number of aromatic hydroxyl groups is 1. The summed E-state index contributed by atoms with van der Waals surface area (Å²) in [6.45, 7) is 6.26. The van der Waals surface area contributed by atoms with Crippen molar-refractivity contribution < 1.29 is 5.11 Å². The third-order valence-electron chi connectivity index (χ3n) is 3.67. The average molecular weight is 255 g/mol. The van der Waals surface area contributed by atoms with Crippen LogP contribution in [0.15, 0.2) is 42.5 Å². The second-order valence-electron chi connectivity index (χ2n) is 5.56. The molecule has 19 heavy (non-hydrogen) atoms. The highest BCUT2D eigenvalue weighted by molar-refractivity contribution is 5.36. The Balaban J connectivity index is 2.26. The summed E-state index contributed by atoms with van der Waals surface area (Å²) >= 11 is 0. The first-order chi connectivity index (χ1) is 8.88. The van der Waals surface area contributed by atoms with E-state index >= 15 is 0 Å². The van der Waals surface area contributed by atoms with Gasteiger partial charge in [-0.2, -0.15) is 0 Å². The molecular formula is C17H21NO. The van der Waals surface area contributed by atoms with Gasteiger partial charge in [0.1, 0.15) is 5.75 Å². The molecular weight excluding hydrogens is 234 g/mol. The number of hydrogen-bond acceptors (Lipinski definition) is 2. The van der Waals surface area contributed by atoms with Crippen LogP contribution >= 0.6 is 0 Å². The second-order valence-corrected chi connectivity index (χ2v) is 5.56. The van der Waals surface area contributed by atoms with Gasteiger partial charge >= 0.3 is 0 Å². The Kier molecular flexibility index (Phi) is 3.63. The average Bonchev–Trinajstić information content (AvgIpc) is 2.35. The molecule has 0 saturated heterocycles. The predicted molar refractivity (Wildman–Crippen MR) is 79.3 cm³/mol. The first-order valence-corrected chi connectivity index (χ1v) is 6.53. The number of aryl methyl sites for hydroxylation is 2. The molecule has 0 aliphatic rings. The van der Waals surface area contributed by atoms with E-state index in [1.54, 1.807) is 12.1 Å². The van der Waals surface area contributed by atoms with Crippen molar-refractivity contribution >= 4 is 0 Å². The summed E-state index contributed by atoms with van der Waals surface area (Å²) in [6.07, 6.45) is 0.746. The maximum Gasteiger partial charge on any atom is 0.115 e. The minimum Gasteiger partial charge on any atom is -0.508 e. The van der Waals surface area contributed by atoms with Crippen molar-refractivity contribution in [2.45, 2.75) is 32.7 Å². The van der Waals surface area contributed by atoms with Crippen molar-refractivity contribution in [1.82, 2.24) is 0 Å². The lowest BCUT2D eigenvalue weighted by atomic mass is 9.85. The molecule has 100 valence electrons. The molecule has 1 unspecified atom stereocenters. The van der Waals surface area contributed by atoms with E-state index in [9.17, 15) is 5.11 Å². The van der Waals surface area contributed by atoms with Gasteiger partial charge < -0.3 is 10.8 Å². The molecule has 0 fully saturated rings. The van der Waals surface area contributed by atoms with Gasteiger partial charge in [-0.25, -0.2) is 0 Å². The summed E-state index contributed by atoms with van der Waals surface area (Å²) < 4.78 is 0. The van der Waals surface area contributed by atoms with E-state index in [2.05, 4.69) is 32.0 Å². The number of hydrogen-bond donors (Lipinski definition) is 2. The van der Waals surface area contributed by atoms with Gasteiger partial charge in [0, 0.05) is 5.54 Å². The predicted octanol–water partition coefficient (Wildman–Crippen LogP) is 3.43. The van der Waals surface area contributed by atoms with Crippen LogP contribution in [-0.2, 0) is 12.0 Å². The van der Waals surface area contributed by atoms with Crippen molar-refractivity contribution in [2.24, 2.45) is 5.73 Å². The highest BCUT2D eigenvalue weighted by Gasteiger charge is 2.22. The molecule has 0 radical (unpaired) electrons. The summed E-state index contributed by atoms with van der Waals surface area (Å²) in [5, 5.41) is 9.31. The lowest BCUT2D eigenvalue weighted by Gasteiger charge is -2.26. The molecule has 0 bridgehead atoms. The molecule has 2 aromatic carbocycles. The fourth-order valence-electron chi connectivity index (χ4n) is 2.24. The van der Waals surface area contributed by atoms with E-state index in [0.717, 1.165) is 17.5 Å². The largest absolute Gasteiger partial charge is 0.508 e. The molecule has 0 aromatic heterocycles. The van der Waals surface area contributed by atoms with E-state index in [1.807, 2.05) is 19.1 Å². The quantitative estimate of drug-likeness (QED) is 0.882. The van der Waals surface area contributed by atoms with Gasteiger partial charge in [0.2, 0.25) is 0 Å². The fraction of sp³-hybridized carbons (Fsp3) is 0.294. The van der Waals surface area contributed by atoms with Crippen LogP contribution < -0.4 is 5.73 Å². The zero-order valence-corrected chi connectivity index (χ0v) is 11.8. The van der Waals surface area contributed by atoms with Gasteiger partial charge in [-0.1, -0.05) is 30.3 Å². The Bertz CT molecular complexity index is 570.